The first-order valence-electron chi connectivity index (χ1n) is 9.59. The lowest BCUT2D eigenvalue weighted by molar-refractivity contribution is 0.336. The molecular formula is C21H30N4O3S. The summed E-state index contributed by atoms with van der Waals surface area (Å²) in [5.41, 5.74) is 3.18. The molecule has 0 aliphatic rings. The van der Waals surface area contributed by atoms with E-state index in [1.807, 2.05) is 39.0 Å². The van der Waals surface area contributed by atoms with E-state index in [0.717, 1.165) is 22.4 Å². The lowest BCUT2D eigenvalue weighted by Gasteiger charge is -2.15. The Balaban J connectivity index is 1.83. The molecule has 0 amide bonds. The van der Waals surface area contributed by atoms with Crippen LogP contribution >= 0.6 is 0 Å². The first-order chi connectivity index (χ1) is 13.9. The van der Waals surface area contributed by atoms with Crippen molar-refractivity contribution in [2.24, 2.45) is 4.99 Å². The molecule has 0 fully saturated rings. The molecule has 7 nitrogen and oxygen atoms in total. The first kappa shape index (κ1) is 22.7. The molecule has 0 radical (unpaired) electrons. The van der Waals surface area contributed by atoms with Crippen molar-refractivity contribution in [1.29, 1.82) is 0 Å². The van der Waals surface area contributed by atoms with Gasteiger partial charge in [0.25, 0.3) is 0 Å². The molecule has 29 heavy (non-hydrogen) atoms. The maximum atomic E-state index is 12.3. The smallest absolute Gasteiger partial charge is 0.240 e. The summed E-state index contributed by atoms with van der Waals surface area (Å²) in [6, 6.07) is 12.8. The Kier molecular flexibility index (Phi) is 8.48. The first-order valence-corrected chi connectivity index (χ1v) is 11.1. The Morgan fingerprint density at radius 3 is 2.34 bits per heavy atom. The fourth-order valence-corrected chi connectivity index (χ4v) is 3.70. The third-order valence-electron chi connectivity index (χ3n) is 4.23. The van der Waals surface area contributed by atoms with E-state index in [1.165, 1.54) is 0 Å². The number of rotatable bonds is 9. The predicted octanol–water partition coefficient (Wildman–Crippen LogP) is 2.35. The summed E-state index contributed by atoms with van der Waals surface area (Å²) in [5.74, 6) is 1.43. The second kappa shape index (κ2) is 10.8. The fraction of sp³-hybridized carbons (Fsp3) is 0.381. The van der Waals surface area contributed by atoms with Crippen molar-refractivity contribution in [3.8, 4) is 5.75 Å². The molecular weight excluding hydrogens is 388 g/mol. The molecule has 158 valence electrons. The van der Waals surface area contributed by atoms with Gasteiger partial charge in [0, 0.05) is 32.2 Å². The molecule has 0 bridgehead atoms. The van der Waals surface area contributed by atoms with Crippen molar-refractivity contribution in [3.05, 3.63) is 59.2 Å². The largest absolute Gasteiger partial charge is 0.494 e. The number of benzene rings is 2. The van der Waals surface area contributed by atoms with Gasteiger partial charge in [0.2, 0.25) is 10.0 Å². The zero-order chi connectivity index (χ0) is 21.3. The molecule has 0 saturated heterocycles. The van der Waals surface area contributed by atoms with Crippen molar-refractivity contribution in [2.45, 2.75) is 32.2 Å². The third-order valence-corrected chi connectivity index (χ3v) is 5.71. The quantitative estimate of drug-likeness (QED) is 0.330. The molecule has 2 rings (SSSR count). The number of nitrogens with one attached hydrogen (secondary N) is 3. The lowest BCUT2D eigenvalue weighted by atomic mass is 10.1. The molecule has 0 aliphatic carbocycles. The van der Waals surface area contributed by atoms with Gasteiger partial charge in [-0.3, -0.25) is 4.99 Å². The Hall–Kier alpha value is -2.58. The Bertz CT molecular complexity index is 925. The number of nitrogens with zero attached hydrogens (tertiary/aromatic N) is 1. The van der Waals surface area contributed by atoms with Crippen molar-refractivity contribution in [1.82, 2.24) is 15.4 Å². The Labute approximate surface area is 173 Å². The summed E-state index contributed by atoms with van der Waals surface area (Å²) in [4.78, 5) is 4.43. The number of aryl methyl sites for hydroxylation is 2. The van der Waals surface area contributed by atoms with Crippen LogP contribution in [0.5, 0.6) is 5.75 Å². The number of aliphatic imine (C=N–C) groups is 1. The molecule has 2 aromatic rings. The molecule has 8 heteroatoms. The van der Waals surface area contributed by atoms with Crippen LogP contribution in [0.25, 0.3) is 0 Å². The number of ether oxygens (including phenoxy) is 1. The Morgan fingerprint density at radius 2 is 1.69 bits per heavy atom. The van der Waals surface area contributed by atoms with Crippen LogP contribution in [0.3, 0.4) is 0 Å². The second-order valence-electron chi connectivity index (χ2n) is 6.61. The predicted molar refractivity (Wildman–Crippen MR) is 117 cm³/mol. The highest BCUT2D eigenvalue weighted by Gasteiger charge is 2.12. The molecule has 0 atom stereocenters. The normalized spacial score (nSPS) is 11.9. The lowest BCUT2D eigenvalue weighted by Crippen LogP contribution is -2.41. The van der Waals surface area contributed by atoms with Crippen molar-refractivity contribution >= 4 is 16.0 Å². The van der Waals surface area contributed by atoms with Crippen molar-refractivity contribution < 1.29 is 13.2 Å². The minimum absolute atomic E-state index is 0.242. The summed E-state index contributed by atoms with van der Waals surface area (Å²) in [6.07, 6.45) is 0. The van der Waals surface area contributed by atoms with Gasteiger partial charge in [0.05, 0.1) is 11.5 Å². The van der Waals surface area contributed by atoms with E-state index in [4.69, 9.17) is 4.74 Å². The second-order valence-corrected chi connectivity index (χ2v) is 8.37. The third kappa shape index (κ3) is 7.07. The van der Waals surface area contributed by atoms with Crippen LogP contribution in [-0.2, 0) is 16.6 Å². The van der Waals surface area contributed by atoms with Gasteiger partial charge < -0.3 is 15.4 Å². The summed E-state index contributed by atoms with van der Waals surface area (Å²) >= 11 is 0. The highest BCUT2D eigenvalue weighted by molar-refractivity contribution is 7.89. The highest BCUT2D eigenvalue weighted by Crippen LogP contribution is 2.20. The van der Waals surface area contributed by atoms with Gasteiger partial charge in [-0.1, -0.05) is 29.8 Å². The van der Waals surface area contributed by atoms with E-state index in [9.17, 15) is 8.42 Å². The molecule has 2 aromatic carbocycles. The van der Waals surface area contributed by atoms with Crippen LogP contribution in [0, 0.1) is 13.8 Å². The number of hydrogen-bond donors (Lipinski definition) is 3. The molecule has 0 saturated carbocycles. The van der Waals surface area contributed by atoms with E-state index in [0.29, 0.717) is 25.7 Å². The van der Waals surface area contributed by atoms with Gasteiger partial charge in [-0.25, -0.2) is 13.1 Å². The monoisotopic (exact) mass is 418 g/mol. The van der Waals surface area contributed by atoms with Crippen LogP contribution in [0.15, 0.2) is 52.4 Å². The molecule has 0 aromatic heterocycles. The van der Waals surface area contributed by atoms with Gasteiger partial charge in [-0.2, -0.15) is 0 Å². The Morgan fingerprint density at radius 1 is 1.00 bits per heavy atom. The van der Waals surface area contributed by atoms with Gasteiger partial charge >= 0.3 is 0 Å². The summed E-state index contributed by atoms with van der Waals surface area (Å²) < 4.78 is 32.9. The SMILES string of the molecule is CCOc1cc(C)ccc1CNC(=NC)NCCNS(=O)(=O)c1ccc(C)cc1. The average Bonchev–Trinajstić information content (AvgIpc) is 2.69. The van der Waals surface area contributed by atoms with Crippen LogP contribution in [-0.4, -0.2) is 41.1 Å². The molecule has 0 aliphatic heterocycles. The van der Waals surface area contributed by atoms with Gasteiger partial charge in [0.15, 0.2) is 5.96 Å². The standard InChI is InChI=1S/C21H30N4O3S/c1-5-28-20-14-17(3)6-9-18(20)15-24-21(22-4)23-12-13-25-29(26,27)19-10-7-16(2)8-11-19/h6-11,14,25H,5,12-13,15H2,1-4H3,(H2,22,23,24). The number of sulfonamides is 1. The van der Waals surface area contributed by atoms with Gasteiger partial charge in [-0.15, -0.1) is 0 Å². The van der Waals surface area contributed by atoms with E-state index < -0.39 is 10.0 Å². The topological polar surface area (TPSA) is 91.8 Å². The highest BCUT2D eigenvalue weighted by atomic mass is 32.2. The molecule has 0 spiro atoms. The summed E-state index contributed by atoms with van der Waals surface area (Å²) in [5, 5.41) is 6.33. The zero-order valence-electron chi connectivity index (χ0n) is 17.5. The number of guanidine groups is 1. The minimum Gasteiger partial charge on any atom is -0.494 e. The van der Waals surface area contributed by atoms with E-state index >= 15 is 0 Å². The van der Waals surface area contributed by atoms with E-state index in [2.05, 4.69) is 20.3 Å². The van der Waals surface area contributed by atoms with Gasteiger partial charge in [0.1, 0.15) is 5.75 Å². The summed E-state index contributed by atoms with van der Waals surface area (Å²) in [7, 11) is -1.85. The minimum atomic E-state index is -3.52. The number of hydrogen-bond acceptors (Lipinski definition) is 4. The van der Waals surface area contributed by atoms with Crippen LogP contribution in [0.4, 0.5) is 0 Å². The van der Waals surface area contributed by atoms with Crippen LogP contribution in [0.2, 0.25) is 0 Å². The summed E-state index contributed by atoms with van der Waals surface area (Å²) in [6.45, 7) is 7.69. The molecule has 0 heterocycles. The maximum absolute atomic E-state index is 12.3. The van der Waals surface area contributed by atoms with Crippen molar-refractivity contribution in [2.75, 3.05) is 26.7 Å². The maximum Gasteiger partial charge on any atom is 0.240 e. The van der Waals surface area contributed by atoms with E-state index in [1.54, 1.807) is 31.3 Å². The zero-order valence-corrected chi connectivity index (χ0v) is 18.3. The molecule has 3 N–H and O–H groups in total. The fourth-order valence-electron chi connectivity index (χ4n) is 2.66. The van der Waals surface area contributed by atoms with Crippen molar-refractivity contribution in [3.63, 3.8) is 0 Å². The van der Waals surface area contributed by atoms with E-state index in [-0.39, 0.29) is 11.4 Å². The van der Waals surface area contributed by atoms with Crippen LogP contribution in [0.1, 0.15) is 23.6 Å². The van der Waals surface area contributed by atoms with Gasteiger partial charge in [-0.05, 0) is 44.5 Å². The van der Waals surface area contributed by atoms with Crippen LogP contribution < -0.4 is 20.1 Å². The average molecular weight is 419 g/mol. The molecule has 0 unspecified atom stereocenters.